The molecule has 112 valence electrons. The van der Waals surface area contributed by atoms with Gasteiger partial charge in [-0.05, 0) is 29.7 Å². The summed E-state index contributed by atoms with van der Waals surface area (Å²) in [6, 6.07) is 13.6. The lowest BCUT2D eigenvalue weighted by Crippen LogP contribution is -2.02. The Morgan fingerprint density at radius 3 is 2.48 bits per heavy atom. The fourth-order valence-electron chi connectivity index (χ4n) is 1.95. The molecule has 0 aliphatic carbocycles. The van der Waals surface area contributed by atoms with E-state index in [0.29, 0.717) is 18.8 Å². The predicted octanol–water partition coefficient (Wildman–Crippen LogP) is 3.16. The van der Waals surface area contributed by atoms with Crippen molar-refractivity contribution in [2.45, 2.75) is 26.5 Å². The number of aliphatic hydroxyl groups is 1. The van der Waals surface area contributed by atoms with Crippen molar-refractivity contribution in [1.29, 1.82) is 0 Å². The number of benzene rings is 2. The van der Waals surface area contributed by atoms with Crippen LogP contribution in [0.3, 0.4) is 0 Å². The lowest BCUT2D eigenvalue weighted by atomic mass is 10.1. The highest BCUT2D eigenvalue weighted by molar-refractivity contribution is 5.61. The van der Waals surface area contributed by atoms with Gasteiger partial charge in [-0.15, -0.1) is 0 Å². The predicted molar refractivity (Wildman–Crippen MR) is 86.3 cm³/mol. The highest BCUT2D eigenvalue weighted by Gasteiger charge is 2.02. The quantitative estimate of drug-likeness (QED) is 0.684. The summed E-state index contributed by atoms with van der Waals surface area (Å²) in [4.78, 5) is 0. The number of hydrogen-bond donors (Lipinski definition) is 3. The third-order valence-electron chi connectivity index (χ3n) is 3.18. The van der Waals surface area contributed by atoms with Crippen LogP contribution in [0.2, 0.25) is 0 Å². The van der Waals surface area contributed by atoms with Crippen molar-refractivity contribution in [3.63, 3.8) is 0 Å². The first-order valence-corrected chi connectivity index (χ1v) is 7.17. The standard InChI is InChI=1S/C17H22N2O2/c1-2-9-21-17-10-15(7-8-16(17)18)19-11-13-3-5-14(12-20)6-4-13/h3-8,10,19-20H,2,9,11-12,18H2,1H3. The van der Waals surface area contributed by atoms with Gasteiger partial charge in [-0.1, -0.05) is 31.2 Å². The summed E-state index contributed by atoms with van der Waals surface area (Å²) < 4.78 is 5.62. The molecule has 0 unspecified atom stereocenters. The van der Waals surface area contributed by atoms with Crippen molar-refractivity contribution in [3.8, 4) is 5.75 Å². The summed E-state index contributed by atoms with van der Waals surface area (Å²) in [5, 5.41) is 12.4. The molecule has 0 spiro atoms. The zero-order chi connectivity index (χ0) is 15.1. The third-order valence-corrected chi connectivity index (χ3v) is 3.18. The van der Waals surface area contributed by atoms with E-state index in [-0.39, 0.29) is 6.61 Å². The third kappa shape index (κ3) is 4.39. The molecule has 0 saturated heterocycles. The molecular formula is C17H22N2O2. The van der Waals surface area contributed by atoms with E-state index in [9.17, 15) is 0 Å². The SMILES string of the molecule is CCCOc1cc(NCc2ccc(CO)cc2)ccc1N. The monoisotopic (exact) mass is 286 g/mol. The maximum absolute atomic E-state index is 9.02. The van der Waals surface area contributed by atoms with Crippen LogP contribution in [-0.4, -0.2) is 11.7 Å². The highest BCUT2D eigenvalue weighted by Crippen LogP contribution is 2.26. The summed E-state index contributed by atoms with van der Waals surface area (Å²) >= 11 is 0. The van der Waals surface area contributed by atoms with Crippen molar-refractivity contribution in [1.82, 2.24) is 0 Å². The van der Waals surface area contributed by atoms with Gasteiger partial charge in [-0.3, -0.25) is 0 Å². The number of rotatable bonds is 7. The molecule has 2 rings (SSSR count). The number of nitrogen functional groups attached to an aromatic ring is 1. The van der Waals surface area contributed by atoms with E-state index in [1.165, 1.54) is 0 Å². The molecule has 4 heteroatoms. The van der Waals surface area contributed by atoms with Crippen molar-refractivity contribution in [2.24, 2.45) is 0 Å². The minimum absolute atomic E-state index is 0.0732. The van der Waals surface area contributed by atoms with E-state index in [1.807, 2.05) is 42.5 Å². The van der Waals surface area contributed by atoms with Crippen molar-refractivity contribution in [2.75, 3.05) is 17.7 Å². The Bertz CT molecular complexity index is 568. The van der Waals surface area contributed by atoms with Crippen LogP contribution in [0.25, 0.3) is 0 Å². The molecule has 0 atom stereocenters. The van der Waals surface area contributed by atoms with E-state index in [2.05, 4.69) is 12.2 Å². The van der Waals surface area contributed by atoms with E-state index in [1.54, 1.807) is 0 Å². The van der Waals surface area contributed by atoms with Gasteiger partial charge in [0.2, 0.25) is 0 Å². The number of nitrogens with two attached hydrogens (primary N) is 1. The summed E-state index contributed by atoms with van der Waals surface area (Å²) in [7, 11) is 0. The summed E-state index contributed by atoms with van der Waals surface area (Å²) in [6.07, 6.45) is 0.953. The summed E-state index contributed by atoms with van der Waals surface area (Å²) in [5.74, 6) is 0.720. The maximum Gasteiger partial charge on any atom is 0.144 e. The van der Waals surface area contributed by atoms with Gasteiger partial charge in [0.1, 0.15) is 5.75 Å². The van der Waals surface area contributed by atoms with Gasteiger partial charge in [-0.25, -0.2) is 0 Å². The molecule has 0 heterocycles. The number of hydrogen-bond acceptors (Lipinski definition) is 4. The smallest absolute Gasteiger partial charge is 0.144 e. The molecule has 2 aromatic carbocycles. The molecule has 2 aromatic rings. The number of anilines is 2. The molecule has 0 aliphatic heterocycles. The van der Waals surface area contributed by atoms with Gasteiger partial charge < -0.3 is 20.9 Å². The van der Waals surface area contributed by atoms with Gasteiger partial charge in [0, 0.05) is 18.3 Å². The minimum atomic E-state index is 0.0732. The van der Waals surface area contributed by atoms with Crippen LogP contribution in [0.4, 0.5) is 11.4 Å². The van der Waals surface area contributed by atoms with E-state index >= 15 is 0 Å². The Morgan fingerprint density at radius 2 is 1.81 bits per heavy atom. The topological polar surface area (TPSA) is 67.5 Å². The Hall–Kier alpha value is -2.20. The summed E-state index contributed by atoms with van der Waals surface area (Å²) in [5.41, 5.74) is 9.59. The number of aliphatic hydroxyl groups excluding tert-OH is 1. The van der Waals surface area contributed by atoms with Crippen LogP contribution in [0.5, 0.6) is 5.75 Å². The molecule has 0 aliphatic rings. The van der Waals surface area contributed by atoms with Gasteiger partial charge in [-0.2, -0.15) is 0 Å². The van der Waals surface area contributed by atoms with E-state index in [0.717, 1.165) is 29.0 Å². The number of ether oxygens (including phenoxy) is 1. The zero-order valence-electron chi connectivity index (χ0n) is 12.3. The van der Waals surface area contributed by atoms with Crippen LogP contribution in [0, 0.1) is 0 Å². The second-order valence-electron chi connectivity index (χ2n) is 4.93. The number of nitrogens with one attached hydrogen (secondary N) is 1. The van der Waals surface area contributed by atoms with Gasteiger partial charge >= 0.3 is 0 Å². The molecule has 0 fully saturated rings. The molecular weight excluding hydrogens is 264 g/mol. The maximum atomic E-state index is 9.02. The van der Waals surface area contributed by atoms with Crippen LogP contribution in [0.1, 0.15) is 24.5 Å². The molecule has 4 N–H and O–H groups in total. The first-order valence-electron chi connectivity index (χ1n) is 7.17. The highest BCUT2D eigenvalue weighted by atomic mass is 16.5. The average molecular weight is 286 g/mol. The van der Waals surface area contributed by atoms with Crippen LogP contribution in [0.15, 0.2) is 42.5 Å². The molecule has 0 bridgehead atoms. The molecule has 0 amide bonds. The first kappa shape index (κ1) is 15.2. The molecule has 21 heavy (non-hydrogen) atoms. The molecule has 0 saturated carbocycles. The first-order chi connectivity index (χ1) is 10.2. The summed E-state index contributed by atoms with van der Waals surface area (Å²) in [6.45, 7) is 3.51. The van der Waals surface area contributed by atoms with Gasteiger partial charge in [0.05, 0.1) is 18.9 Å². The van der Waals surface area contributed by atoms with E-state index < -0.39 is 0 Å². The Labute approximate surface area is 125 Å². The molecule has 4 nitrogen and oxygen atoms in total. The largest absolute Gasteiger partial charge is 0.491 e. The van der Waals surface area contributed by atoms with Crippen molar-refractivity contribution >= 4 is 11.4 Å². The average Bonchev–Trinajstić information content (AvgIpc) is 2.53. The van der Waals surface area contributed by atoms with Crippen molar-refractivity contribution in [3.05, 3.63) is 53.6 Å². The van der Waals surface area contributed by atoms with E-state index in [4.69, 9.17) is 15.6 Å². The second kappa shape index (κ2) is 7.55. The van der Waals surface area contributed by atoms with Crippen LogP contribution in [-0.2, 0) is 13.2 Å². The van der Waals surface area contributed by atoms with Crippen LogP contribution < -0.4 is 15.8 Å². The van der Waals surface area contributed by atoms with Crippen LogP contribution >= 0.6 is 0 Å². The second-order valence-corrected chi connectivity index (χ2v) is 4.93. The minimum Gasteiger partial charge on any atom is -0.491 e. The fourth-order valence-corrected chi connectivity index (χ4v) is 1.95. The lowest BCUT2D eigenvalue weighted by molar-refractivity contribution is 0.282. The molecule has 0 radical (unpaired) electrons. The normalized spacial score (nSPS) is 10.4. The van der Waals surface area contributed by atoms with Crippen molar-refractivity contribution < 1.29 is 9.84 Å². The Morgan fingerprint density at radius 1 is 1.10 bits per heavy atom. The Kier molecular flexibility index (Phi) is 5.46. The van der Waals surface area contributed by atoms with Gasteiger partial charge in [0.25, 0.3) is 0 Å². The van der Waals surface area contributed by atoms with Gasteiger partial charge in [0.15, 0.2) is 0 Å². The Balaban J connectivity index is 1.98. The molecule has 0 aromatic heterocycles. The fraction of sp³-hybridized carbons (Fsp3) is 0.294. The lowest BCUT2D eigenvalue weighted by Gasteiger charge is -2.12. The zero-order valence-corrected chi connectivity index (χ0v) is 12.3.